The first kappa shape index (κ1) is 19.1. The third kappa shape index (κ3) is 4.63. The lowest BCUT2D eigenvalue weighted by Gasteiger charge is -2.14. The summed E-state index contributed by atoms with van der Waals surface area (Å²) in [4.78, 5) is 25.6. The molecule has 0 aliphatic heterocycles. The molecule has 1 amide bonds. The van der Waals surface area contributed by atoms with Gasteiger partial charge in [-0.3, -0.25) is 4.79 Å². The van der Waals surface area contributed by atoms with Crippen LogP contribution in [0.4, 0.5) is 5.69 Å². The van der Waals surface area contributed by atoms with E-state index in [4.69, 9.17) is 4.74 Å². The Hall–Kier alpha value is -2.27. The molecule has 0 aliphatic rings. The maximum absolute atomic E-state index is 12.7. The van der Waals surface area contributed by atoms with Crippen molar-refractivity contribution < 1.29 is 14.3 Å². The fourth-order valence-corrected chi connectivity index (χ4v) is 3.42. The molecule has 0 aromatic heterocycles. The molecule has 0 saturated heterocycles. The molecule has 1 N–H and O–H groups in total. The Kier molecular flexibility index (Phi) is 6.26. The van der Waals surface area contributed by atoms with Crippen LogP contribution in [0.1, 0.15) is 45.7 Å². The fraction of sp³-hybridized carbons (Fsp3) is 0.300. The lowest BCUT2D eigenvalue weighted by Crippen LogP contribution is -2.15. The summed E-state index contributed by atoms with van der Waals surface area (Å²) in [6.45, 7) is 7.94. The molecular weight excluding hydrogens is 334 g/mol. The Bertz CT molecular complexity index is 800. The lowest BCUT2D eigenvalue weighted by atomic mass is 10.0. The van der Waals surface area contributed by atoms with E-state index in [0.29, 0.717) is 22.1 Å². The number of methoxy groups -OCH3 is 1. The first-order valence-electron chi connectivity index (χ1n) is 8.10. The van der Waals surface area contributed by atoms with Crippen LogP contribution in [0.25, 0.3) is 0 Å². The molecular formula is C20H23NO3S. The average Bonchev–Trinajstić information content (AvgIpc) is 2.57. The van der Waals surface area contributed by atoms with Crippen LogP contribution < -0.4 is 5.32 Å². The van der Waals surface area contributed by atoms with Crippen molar-refractivity contribution in [1.82, 2.24) is 0 Å². The van der Waals surface area contributed by atoms with Crippen molar-refractivity contribution in [1.29, 1.82) is 0 Å². The van der Waals surface area contributed by atoms with E-state index in [1.165, 1.54) is 7.11 Å². The van der Waals surface area contributed by atoms with E-state index in [0.717, 1.165) is 16.0 Å². The molecule has 0 spiro atoms. The highest BCUT2D eigenvalue weighted by Crippen LogP contribution is 2.28. The van der Waals surface area contributed by atoms with Gasteiger partial charge in [0.2, 0.25) is 0 Å². The van der Waals surface area contributed by atoms with Gasteiger partial charge in [-0.15, -0.1) is 11.8 Å². The van der Waals surface area contributed by atoms with Gasteiger partial charge >= 0.3 is 5.97 Å². The normalized spacial score (nSPS) is 10.6. The number of anilines is 1. The summed E-state index contributed by atoms with van der Waals surface area (Å²) < 4.78 is 4.82. The molecule has 5 heteroatoms. The number of ether oxygens (including phenoxy) is 1. The van der Waals surface area contributed by atoms with Gasteiger partial charge in [0.25, 0.3) is 5.91 Å². The van der Waals surface area contributed by atoms with E-state index in [1.54, 1.807) is 17.8 Å². The van der Waals surface area contributed by atoms with Crippen LogP contribution in [0.2, 0.25) is 0 Å². The Morgan fingerprint density at radius 2 is 1.76 bits per heavy atom. The minimum atomic E-state index is -0.410. The second kappa shape index (κ2) is 8.21. The first-order chi connectivity index (χ1) is 11.8. The zero-order valence-corrected chi connectivity index (χ0v) is 16.0. The first-order valence-corrected chi connectivity index (χ1v) is 8.98. The Labute approximate surface area is 153 Å². The van der Waals surface area contributed by atoms with Gasteiger partial charge in [-0.2, -0.15) is 0 Å². The molecule has 2 aromatic rings. The number of esters is 1. The number of carbonyl (C=O) groups excluding carboxylic acids is 2. The monoisotopic (exact) mass is 357 g/mol. The summed E-state index contributed by atoms with van der Waals surface area (Å²) in [6, 6.07) is 11.0. The molecule has 0 fully saturated rings. The van der Waals surface area contributed by atoms with Crippen LogP contribution in [0.15, 0.2) is 41.3 Å². The number of carbonyl (C=O) groups is 2. The third-order valence-corrected chi connectivity index (χ3v) is 4.91. The number of hydrogen-bond donors (Lipinski definition) is 1. The van der Waals surface area contributed by atoms with Gasteiger partial charge < -0.3 is 10.1 Å². The van der Waals surface area contributed by atoms with E-state index in [2.05, 4.69) is 19.2 Å². The summed E-state index contributed by atoms with van der Waals surface area (Å²) >= 11 is 1.65. The van der Waals surface area contributed by atoms with Gasteiger partial charge in [0, 0.05) is 15.8 Å². The SMILES string of the molecule is COC(=O)c1cc(NC(=O)c2ccccc2SC(C)C)cc(C)c1C. The van der Waals surface area contributed by atoms with Crippen LogP contribution in [0.5, 0.6) is 0 Å². The van der Waals surface area contributed by atoms with Crippen molar-refractivity contribution in [2.75, 3.05) is 12.4 Å². The molecule has 25 heavy (non-hydrogen) atoms. The lowest BCUT2D eigenvalue weighted by molar-refractivity contribution is 0.0599. The van der Waals surface area contributed by atoms with Crippen LogP contribution in [-0.4, -0.2) is 24.2 Å². The molecule has 2 rings (SSSR count). The van der Waals surface area contributed by atoms with Crippen molar-refractivity contribution >= 4 is 29.3 Å². The summed E-state index contributed by atoms with van der Waals surface area (Å²) in [6.07, 6.45) is 0. The van der Waals surface area contributed by atoms with Crippen molar-refractivity contribution in [3.05, 3.63) is 58.7 Å². The van der Waals surface area contributed by atoms with Gasteiger partial charge in [0.05, 0.1) is 18.2 Å². The summed E-state index contributed by atoms with van der Waals surface area (Å²) in [5, 5.41) is 3.28. The van der Waals surface area contributed by atoms with Crippen molar-refractivity contribution in [2.45, 2.75) is 37.8 Å². The highest BCUT2D eigenvalue weighted by Gasteiger charge is 2.16. The Morgan fingerprint density at radius 3 is 2.40 bits per heavy atom. The minimum Gasteiger partial charge on any atom is -0.465 e. The summed E-state index contributed by atoms with van der Waals surface area (Å²) in [5.41, 5.74) is 3.43. The van der Waals surface area contributed by atoms with E-state index < -0.39 is 5.97 Å². The van der Waals surface area contributed by atoms with E-state index in [1.807, 2.05) is 44.2 Å². The Balaban J connectivity index is 2.33. The van der Waals surface area contributed by atoms with Gasteiger partial charge in [0.1, 0.15) is 0 Å². The fourth-order valence-electron chi connectivity index (χ4n) is 2.46. The maximum Gasteiger partial charge on any atom is 0.338 e. The molecule has 0 heterocycles. The zero-order chi connectivity index (χ0) is 18.6. The number of aryl methyl sites for hydroxylation is 1. The van der Waals surface area contributed by atoms with Crippen LogP contribution in [0.3, 0.4) is 0 Å². The molecule has 0 aliphatic carbocycles. The third-order valence-electron chi connectivity index (χ3n) is 3.82. The quantitative estimate of drug-likeness (QED) is 0.614. The topological polar surface area (TPSA) is 55.4 Å². The summed E-state index contributed by atoms with van der Waals surface area (Å²) in [7, 11) is 1.35. The average molecular weight is 357 g/mol. The predicted molar refractivity (Wildman–Crippen MR) is 103 cm³/mol. The number of rotatable bonds is 5. The van der Waals surface area contributed by atoms with E-state index in [9.17, 15) is 9.59 Å². The summed E-state index contributed by atoms with van der Waals surface area (Å²) in [5.74, 6) is -0.602. The molecule has 0 bridgehead atoms. The van der Waals surface area contributed by atoms with Crippen LogP contribution >= 0.6 is 11.8 Å². The van der Waals surface area contributed by atoms with Gasteiger partial charge in [0.15, 0.2) is 0 Å². The molecule has 0 unspecified atom stereocenters. The smallest absolute Gasteiger partial charge is 0.338 e. The molecule has 2 aromatic carbocycles. The van der Waals surface area contributed by atoms with E-state index >= 15 is 0 Å². The molecule has 132 valence electrons. The van der Waals surface area contributed by atoms with Gasteiger partial charge in [-0.05, 0) is 49.2 Å². The minimum absolute atomic E-state index is 0.192. The standard InChI is InChI=1S/C20H23NO3S/c1-12(2)25-18-9-7-6-8-16(18)19(22)21-15-10-13(3)14(4)17(11-15)20(23)24-5/h6-12H,1-5H3,(H,21,22). The van der Waals surface area contributed by atoms with Crippen molar-refractivity contribution in [2.24, 2.45) is 0 Å². The second-order valence-electron chi connectivity index (χ2n) is 6.07. The number of hydrogen-bond acceptors (Lipinski definition) is 4. The zero-order valence-electron chi connectivity index (χ0n) is 15.2. The van der Waals surface area contributed by atoms with Crippen LogP contribution in [0, 0.1) is 13.8 Å². The highest BCUT2D eigenvalue weighted by molar-refractivity contribution is 8.00. The van der Waals surface area contributed by atoms with Gasteiger partial charge in [-0.25, -0.2) is 4.79 Å². The van der Waals surface area contributed by atoms with Gasteiger partial charge in [-0.1, -0.05) is 26.0 Å². The highest BCUT2D eigenvalue weighted by atomic mass is 32.2. The molecule has 0 radical (unpaired) electrons. The molecule has 4 nitrogen and oxygen atoms in total. The van der Waals surface area contributed by atoms with Crippen LogP contribution in [-0.2, 0) is 4.74 Å². The number of thioether (sulfide) groups is 1. The van der Waals surface area contributed by atoms with Crippen molar-refractivity contribution in [3.63, 3.8) is 0 Å². The maximum atomic E-state index is 12.7. The van der Waals surface area contributed by atoms with Crippen molar-refractivity contribution in [3.8, 4) is 0 Å². The van der Waals surface area contributed by atoms with E-state index in [-0.39, 0.29) is 5.91 Å². The molecule has 0 atom stereocenters. The Morgan fingerprint density at radius 1 is 1.08 bits per heavy atom. The molecule has 0 saturated carbocycles. The largest absolute Gasteiger partial charge is 0.465 e. The number of nitrogens with one attached hydrogen (secondary N) is 1. The predicted octanol–water partition coefficient (Wildman–Crippen LogP) is 4.84. The second-order valence-corrected chi connectivity index (χ2v) is 7.69. The number of benzene rings is 2. The number of amides is 1.